The van der Waals surface area contributed by atoms with E-state index in [0.29, 0.717) is 6.42 Å². The Bertz CT molecular complexity index is 138. The van der Waals surface area contributed by atoms with Gasteiger partial charge in [-0.1, -0.05) is 13.3 Å². The van der Waals surface area contributed by atoms with E-state index in [0.717, 1.165) is 0 Å². The third-order valence-corrected chi connectivity index (χ3v) is 1.52. The summed E-state index contributed by atoms with van der Waals surface area (Å²) in [5.41, 5.74) is 0. The van der Waals surface area contributed by atoms with E-state index in [4.69, 9.17) is 30.6 Å². The van der Waals surface area contributed by atoms with Gasteiger partial charge in [-0.15, -0.1) is 0 Å². The molecule has 0 heterocycles. The molecule has 0 aromatic heterocycles. The highest BCUT2D eigenvalue weighted by Crippen LogP contribution is 2.21. The second-order valence-corrected chi connectivity index (χ2v) is 2.67. The summed E-state index contributed by atoms with van der Waals surface area (Å²) < 4.78 is 0. The van der Waals surface area contributed by atoms with E-state index in [-0.39, 0.29) is 11.9 Å². The van der Waals surface area contributed by atoms with Gasteiger partial charge in [0.1, 0.15) is 6.10 Å². The molecule has 1 atom stereocenters. The van der Waals surface area contributed by atoms with Crippen molar-refractivity contribution >= 4 is 0 Å². The van der Waals surface area contributed by atoms with Crippen molar-refractivity contribution in [1.29, 1.82) is 0 Å². The third-order valence-electron chi connectivity index (χ3n) is 1.52. The van der Waals surface area contributed by atoms with Gasteiger partial charge in [0, 0.05) is 0 Å². The molecule has 0 aromatic carbocycles. The highest BCUT2D eigenvalue weighted by molar-refractivity contribution is 4.80. The summed E-state index contributed by atoms with van der Waals surface area (Å²) in [5, 5.41) is 51.7. The summed E-state index contributed by atoms with van der Waals surface area (Å²) in [4.78, 5) is 0. The lowest BCUT2D eigenvalue weighted by Gasteiger charge is -2.33. The minimum atomic E-state index is -3.72. The maximum Gasteiger partial charge on any atom is 0.335 e. The molecular formula is C6H16O7. The zero-order valence-corrected chi connectivity index (χ0v) is 7.17. The Morgan fingerprint density at radius 2 is 1.46 bits per heavy atom. The molecule has 1 unspecified atom stereocenters. The molecule has 0 fully saturated rings. The lowest BCUT2D eigenvalue weighted by molar-refractivity contribution is -0.464. The smallest absolute Gasteiger partial charge is 0.335 e. The van der Waals surface area contributed by atoms with Gasteiger partial charge in [0.15, 0.2) is 0 Å². The van der Waals surface area contributed by atoms with Crippen LogP contribution in [0.5, 0.6) is 0 Å². The van der Waals surface area contributed by atoms with Gasteiger partial charge in [0.25, 0.3) is 5.79 Å². The first-order chi connectivity index (χ1) is 5.23. The molecule has 0 aliphatic carbocycles. The topological polar surface area (TPSA) is 153 Å². The summed E-state index contributed by atoms with van der Waals surface area (Å²) in [5.74, 6) is -7.05. The second kappa shape index (κ2) is 4.82. The lowest BCUT2D eigenvalue weighted by atomic mass is 10.0. The molecule has 0 aromatic rings. The first-order valence-electron chi connectivity index (χ1n) is 3.53. The van der Waals surface area contributed by atoms with Crippen LogP contribution in [0.1, 0.15) is 19.8 Å². The summed E-state index contributed by atoms with van der Waals surface area (Å²) in [6.07, 6.45) is -1.49. The van der Waals surface area contributed by atoms with Crippen molar-refractivity contribution in [3.63, 3.8) is 0 Å². The molecular weight excluding hydrogens is 184 g/mol. The van der Waals surface area contributed by atoms with Crippen LogP contribution in [0.15, 0.2) is 0 Å². The maximum atomic E-state index is 8.93. The third kappa shape index (κ3) is 3.53. The molecule has 7 heteroatoms. The van der Waals surface area contributed by atoms with Gasteiger partial charge in [0.05, 0.1) is 0 Å². The molecule has 0 rings (SSSR count). The standard InChI is InChI=1S/C6H14O6.H2O/c1-2-3-4(7)5(8,9)6(10,11)12;/h4,7-12H,2-3H2,1H3;1H2. The first kappa shape index (κ1) is 15.2. The molecule has 7 nitrogen and oxygen atoms in total. The van der Waals surface area contributed by atoms with Gasteiger partial charge in [-0.25, -0.2) is 0 Å². The zero-order valence-electron chi connectivity index (χ0n) is 7.17. The van der Waals surface area contributed by atoms with Crippen LogP contribution in [0.4, 0.5) is 0 Å². The van der Waals surface area contributed by atoms with Gasteiger partial charge < -0.3 is 36.1 Å². The van der Waals surface area contributed by atoms with Crippen LogP contribution in [-0.2, 0) is 0 Å². The van der Waals surface area contributed by atoms with Gasteiger partial charge in [0.2, 0.25) is 0 Å². The Morgan fingerprint density at radius 1 is 1.08 bits per heavy atom. The van der Waals surface area contributed by atoms with Gasteiger partial charge >= 0.3 is 5.97 Å². The van der Waals surface area contributed by atoms with Crippen molar-refractivity contribution in [2.45, 2.75) is 37.6 Å². The number of aliphatic hydroxyl groups is 6. The Morgan fingerprint density at radius 3 is 1.69 bits per heavy atom. The Balaban J connectivity index is 0. The fraction of sp³-hybridized carbons (Fsp3) is 1.00. The van der Waals surface area contributed by atoms with Crippen molar-refractivity contribution < 1.29 is 36.1 Å². The minimum absolute atomic E-state index is 0. The fourth-order valence-electron chi connectivity index (χ4n) is 0.698. The number of aliphatic hydroxyl groups excluding tert-OH is 1. The summed E-state index contributed by atoms with van der Waals surface area (Å²) >= 11 is 0. The van der Waals surface area contributed by atoms with Crippen LogP contribution in [0.3, 0.4) is 0 Å². The SMILES string of the molecule is CCCC(O)C(O)(O)C(O)(O)O.O. The highest BCUT2D eigenvalue weighted by Gasteiger charge is 2.51. The van der Waals surface area contributed by atoms with Crippen molar-refractivity contribution in [2.24, 2.45) is 0 Å². The van der Waals surface area contributed by atoms with E-state index in [1.165, 1.54) is 0 Å². The van der Waals surface area contributed by atoms with Crippen molar-refractivity contribution in [2.75, 3.05) is 0 Å². The van der Waals surface area contributed by atoms with Gasteiger partial charge in [-0.3, -0.25) is 0 Å². The van der Waals surface area contributed by atoms with E-state index in [9.17, 15) is 0 Å². The molecule has 13 heavy (non-hydrogen) atoms. The Hall–Kier alpha value is -0.280. The van der Waals surface area contributed by atoms with E-state index < -0.39 is 17.9 Å². The Labute approximate surface area is 74.8 Å². The molecule has 0 saturated heterocycles. The molecule has 0 radical (unpaired) electrons. The predicted octanol–water partition coefficient (Wildman–Crippen LogP) is -3.37. The largest absolute Gasteiger partial charge is 0.412 e. The molecule has 82 valence electrons. The molecule has 0 amide bonds. The lowest BCUT2D eigenvalue weighted by Crippen LogP contribution is -2.61. The average molecular weight is 200 g/mol. The Kier molecular flexibility index (Phi) is 5.63. The van der Waals surface area contributed by atoms with Crippen molar-refractivity contribution in [3.8, 4) is 0 Å². The summed E-state index contributed by atoms with van der Waals surface area (Å²) in [7, 11) is 0. The average Bonchev–Trinajstić information content (AvgIpc) is 1.85. The first-order valence-corrected chi connectivity index (χ1v) is 3.53. The number of hydrogen-bond acceptors (Lipinski definition) is 6. The summed E-state index contributed by atoms with van der Waals surface area (Å²) in [6.45, 7) is 1.65. The molecule has 0 saturated carbocycles. The van der Waals surface area contributed by atoms with Crippen LogP contribution >= 0.6 is 0 Å². The predicted molar refractivity (Wildman–Crippen MR) is 41.1 cm³/mol. The van der Waals surface area contributed by atoms with Crippen molar-refractivity contribution in [3.05, 3.63) is 0 Å². The second-order valence-electron chi connectivity index (χ2n) is 2.67. The fourth-order valence-corrected chi connectivity index (χ4v) is 0.698. The molecule has 0 bridgehead atoms. The van der Waals surface area contributed by atoms with Crippen molar-refractivity contribution in [1.82, 2.24) is 0 Å². The van der Waals surface area contributed by atoms with E-state index in [2.05, 4.69) is 0 Å². The minimum Gasteiger partial charge on any atom is -0.412 e. The normalized spacial score (nSPS) is 15.0. The quantitative estimate of drug-likeness (QED) is 0.260. The maximum absolute atomic E-state index is 8.93. The molecule has 8 N–H and O–H groups in total. The number of rotatable bonds is 4. The zero-order chi connectivity index (χ0) is 9.99. The van der Waals surface area contributed by atoms with Gasteiger partial charge in [-0.2, -0.15) is 0 Å². The molecule has 0 aliphatic heterocycles. The van der Waals surface area contributed by atoms with E-state index >= 15 is 0 Å². The van der Waals surface area contributed by atoms with Crippen LogP contribution < -0.4 is 0 Å². The number of hydrogen-bond donors (Lipinski definition) is 6. The van der Waals surface area contributed by atoms with Crippen LogP contribution in [0.2, 0.25) is 0 Å². The van der Waals surface area contributed by atoms with E-state index in [1.807, 2.05) is 0 Å². The molecule has 0 spiro atoms. The van der Waals surface area contributed by atoms with E-state index in [1.54, 1.807) is 6.92 Å². The van der Waals surface area contributed by atoms with Crippen LogP contribution in [0, 0.1) is 0 Å². The highest BCUT2D eigenvalue weighted by atomic mass is 16.7. The van der Waals surface area contributed by atoms with Crippen LogP contribution in [-0.4, -0.2) is 54.0 Å². The van der Waals surface area contributed by atoms with Crippen LogP contribution in [0.25, 0.3) is 0 Å². The van der Waals surface area contributed by atoms with Gasteiger partial charge in [-0.05, 0) is 6.42 Å². The molecule has 0 aliphatic rings. The monoisotopic (exact) mass is 200 g/mol. The summed E-state index contributed by atoms with van der Waals surface area (Å²) in [6, 6.07) is 0.